The average molecular weight is 351 g/mol. The summed E-state index contributed by atoms with van der Waals surface area (Å²) in [7, 11) is 1.62. The first kappa shape index (κ1) is 21.7. The van der Waals surface area contributed by atoms with E-state index in [-0.39, 0.29) is 12.6 Å². The molecule has 0 aliphatic rings. The number of alkyl halides is 3. The molecule has 0 saturated heterocycles. The van der Waals surface area contributed by atoms with E-state index in [1.54, 1.807) is 7.11 Å². The van der Waals surface area contributed by atoms with E-state index in [4.69, 9.17) is 19.7 Å². The molecule has 0 aromatic heterocycles. The number of hydrogen-bond acceptors (Lipinski definition) is 4. The molecule has 0 radical (unpaired) electrons. The van der Waals surface area contributed by atoms with Crippen molar-refractivity contribution >= 4 is 11.9 Å². The number of methoxy groups -OCH3 is 1. The lowest BCUT2D eigenvalue weighted by Gasteiger charge is -2.27. The highest BCUT2D eigenvalue weighted by Crippen LogP contribution is 2.28. The number of ether oxygens (including phenoxy) is 1. The standard InChI is InChI=1S/C13H19NO3.C2HF3O2/c1-4-14(9-13(15)16)10(2)11-7-5-6-8-12(11)17-3;3-2(4,5)1(6)7/h5-8,10H,4,9H2,1-3H3,(H,15,16);(H,6,7)/t10-;/m0./s1. The zero-order valence-corrected chi connectivity index (χ0v) is 13.5. The van der Waals surface area contributed by atoms with Crippen molar-refractivity contribution in [3.8, 4) is 5.75 Å². The van der Waals surface area contributed by atoms with Gasteiger partial charge in [0, 0.05) is 11.6 Å². The third kappa shape index (κ3) is 7.32. The molecule has 0 fully saturated rings. The molecule has 2 N–H and O–H groups in total. The van der Waals surface area contributed by atoms with Crippen molar-refractivity contribution in [3.05, 3.63) is 29.8 Å². The summed E-state index contributed by atoms with van der Waals surface area (Å²) in [5, 5.41) is 16.0. The predicted molar refractivity (Wildman–Crippen MR) is 80.0 cm³/mol. The van der Waals surface area contributed by atoms with Gasteiger partial charge in [0.25, 0.3) is 0 Å². The third-order valence-corrected chi connectivity index (χ3v) is 3.12. The van der Waals surface area contributed by atoms with Gasteiger partial charge >= 0.3 is 18.1 Å². The fraction of sp³-hybridized carbons (Fsp3) is 0.467. The fourth-order valence-electron chi connectivity index (χ4n) is 1.90. The number of carboxylic acids is 2. The molecule has 1 aromatic rings. The first-order chi connectivity index (χ1) is 11.0. The quantitative estimate of drug-likeness (QED) is 0.820. The van der Waals surface area contributed by atoms with Gasteiger partial charge in [-0.3, -0.25) is 9.69 Å². The van der Waals surface area contributed by atoms with Crippen LogP contribution in [0.15, 0.2) is 24.3 Å². The van der Waals surface area contributed by atoms with Crippen LogP contribution in [0.1, 0.15) is 25.5 Å². The smallest absolute Gasteiger partial charge is 0.490 e. The number of carbonyl (C=O) groups is 2. The second-order valence-corrected chi connectivity index (χ2v) is 4.68. The first-order valence-electron chi connectivity index (χ1n) is 6.93. The number of nitrogens with zero attached hydrogens (tertiary/aromatic N) is 1. The second kappa shape index (κ2) is 9.76. The lowest BCUT2D eigenvalue weighted by Crippen LogP contribution is -2.32. The fourth-order valence-corrected chi connectivity index (χ4v) is 1.90. The maximum absolute atomic E-state index is 10.8. The van der Waals surface area contributed by atoms with E-state index in [1.807, 2.05) is 43.0 Å². The van der Waals surface area contributed by atoms with Crippen molar-refractivity contribution in [2.75, 3.05) is 20.2 Å². The number of carboxylic acid groups (broad SMARTS) is 2. The zero-order valence-electron chi connectivity index (χ0n) is 13.5. The van der Waals surface area contributed by atoms with Crippen LogP contribution in [0.3, 0.4) is 0 Å². The topological polar surface area (TPSA) is 87.1 Å². The molecule has 0 aliphatic carbocycles. The number of hydrogen-bond donors (Lipinski definition) is 2. The molecule has 0 amide bonds. The van der Waals surface area contributed by atoms with Gasteiger partial charge in [-0.05, 0) is 19.5 Å². The van der Waals surface area contributed by atoms with Crippen molar-refractivity contribution in [3.63, 3.8) is 0 Å². The van der Waals surface area contributed by atoms with Crippen LogP contribution in [0.2, 0.25) is 0 Å². The van der Waals surface area contributed by atoms with Crippen molar-refractivity contribution < 1.29 is 37.7 Å². The van der Waals surface area contributed by atoms with Crippen molar-refractivity contribution in [2.45, 2.75) is 26.1 Å². The Morgan fingerprint density at radius 1 is 1.25 bits per heavy atom. The highest BCUT2D eigenvalue weighted by molar-refractivity contribution is 5.73. The minimum Gasteiger partial charge on any atom is -0.496 e. The van der Waals surface area contributed by atoms with Gasteiger partial charge in [-0.1, -0.05) is 25.1 Å². The number of likely N-dealkylation sites (N-methyl/N-ethyl adjacent to an activating group) is 1. The number of para-hydroxylation sites is 1. The summed E-state index contributed by atoms with van der Waals surface area (Å²) in [6.07, 6.45) is -5.08. The highest BCUT2D eigenvalue weighted by Gasteiger charge is 2.38. The first-order valence-corrected chi connectivity index (χ1v) is 6.93. The Morgan fingerprint density at radius 3 is 2.12 bits per heavy atom. The molecule has 1 aromatic carbocycles. The van der Waals surface area contributed by atoms with E-state index < -0.39 is 18.1 Å². The number of rotatable bonds is 6. The van der Waals surface area contributed by atoms with Crippen molar-refractivity contribution in [2.24, 2.45) is 0 Å². The number of halogens is 3. The minimum atomic E-state index is -5.08. The average Bonchev–Trinajstić information content (AvgIpc) is 2.51. The third-order valence-electron chi connectivity index (χ3n) is 3.12. The van der Waals surface area contributed by atoms with Gasteiger partial charge in [-0.15, -0.1) is 0 Å². The monoisotopic (exact) mass is 351 g/mol. The van der Waals surface area contributed by atoms with Crippen LogP contribution in [-0.2, 0) is 9.59 Å². The molecule has 0 aliphatic heterocycles. The Bertz CT molecular complexity index is 548. The van der Waals surface area contributed by atoms with Gasteiger partial charge in [-0.25, -0.2) is 4.79 Å². The van der Waals surface area contributed by atoms with Gasteiger partial charge in [0.05, 0.1) is 13.7 Å². The molecule has 0 unspecified atom stereocenters. The van der Waals surface area contributed by atoms with E-state index >= 15 is 0 Å². The highest BCUT2D eigenvalue weighted by atomic mass is 19.4. The van der Waals surface area contributed by atoms with Gasteiger partial charge in [0.2, 0.25) is 0 Å². The molecule has 24 heavy (non-hydrogen) atoms. The molecule has 0 bridgehead atoms. The van der Waals surface area contributed by atoms with Gasteiger partial charge < -0.3 is 14.9 Å². The van der Waals surface area contributed by atoms with Gasteiger partial charge in [0.15, 0.2) is 0 Å². The largest absolute Gasteiger partial charge is 0.496 e. The minimum absolute atomic E-state index is 0.0206. The molecule has 6 nitrogen and oxygen atoms in total. The summed E-state index contributed by atoms with van der Waals surface area (Å²) < 4.78 is 37.0. The summed E-state index contributed by atoms with van der Waals surface area (Å²) in [6.45, 7) is 4.67. The van der Waals surface area contributed by atoms with Crippen molar-refractivity contribution in [1.29, 1.82) is 0 Å². The second-order valence-electron chi connectivity index (χ2n) is 4.68. The molecule has 9 heteroatoms. The lowest BCUT2D eigenvalue weighted by molar-refractivity contribution is -0.192. The summed E-state index contributed by atoms with van der Waals surface area (Å²) in [5.74, 6) is -2.77. The maximum atomic E-state index is 10.8. The molecule has 1 atom stereocenters. The van der Waals surface area contributed by atoms with Crippen LogP contribution in [-0.4, -0.2) is 53.4 Å². The maximum Gasteiger partial charge on any atom is 0.490 e. The van der Waals surface area contributed by atoms with Gasteiger partial charge in [-0.2, -0.15) is 13.2 Å². The van der Waals surface area contributed by atoms with E-state index in [0.717, 1.165) is 11.3 Å². The van der Waals surface area contributed by atoms with Crippen LogP contribution in [0.25, 0.3) is 0 Å². The zero-order chi connectivity index (χ0) is 18.9. The molecule has 0 saturated carbocycles. The van der Waals surface area contributed by atoms with Crippen LogP contribution in [0, 0.1) is 0 Å². The SMILES string of the molecule is CCN(CC(=O)O)[C@@H](C)c1ccccc1OC.O=C(O)C(F)(F)F. The Morgan fingerprint density at radius 2 is 1.75 bits per heavy atom. The molecule has 0 heterocycles. The van der Waals surface area contributed by atoms with Gasteiger partial charge in [0.1, 0.15) is 5.75 Å². The van der Waals surface area contributed by atoms with Crippen LogP contribution < -0.4 is 4.74 Å². The van der Waals surface area contributed by atoms with E-state index in [2.05, 4.69) is 0 Å². The molecular formula is C15H20F3NO5. The Kier molecular flexibility index (Phi) is 8.83. The summed E-state index contributed by atoms with van der Waals surface area (Å²) in [6, 6.07) is 7.71. The normalized spacial score (nSPS) is 12.1. The summed E-state index contributed by atoms with van der Waals surface area (Å²) in [4.78, 5) is 21.6. The van der Waals surface area contributed by atoms with Crippen LogP contribution >= 0.6 is 0 Å². The van der Waals surface area contributed by atoms with E-state index in [0.29, 0.717) is 6.54 Å². The Labute approximate surface area is 137 Å². The summed E-state index contributed by atoms with van der Waals surface area (Å²) >= 11 is 0. The molecule has 0 spiro atoms. The number of aliphatic carboxylic acids is 2. The molecule has 1 rings (SSSR count). The molecule has 136 valence electrons. The van der Waals surface area contributed by atoms with Crippen LogP contribution in [0.5, 0.6) is 5.75 Å². The Balaban J connectivity index is 0.000000640. The lowest BCUT2D eigenvalue weighted by atomic mass is 10.1. The van der Waals surface area contributed by atoms with Crippen LogP contribution in [0.4, 0.5) is 13.2 Å². The van der Waals surface area contributed by atoms with Crippen molar-refractivity contribution in [1.82, 2.24) is 4.90 Å². The van der Waals surface area contributed by atoms with E-state index in [1.165, 1.54) is 0 Å². The predicted octanol–water partition coefficient (Wildman–Crippen LogP) is 2.80. The van der Waals surface area contributed by atoms with E-state index in [9.17, 15) is 18.0 Å². The Hall–Kier alpha value is -2.29. The molecular weight excluding hydrogens is 331 g/mol. The number of benzene rings is 1. The summed E-state index contributed by atoms with van der Waals surface area (Å²) in [5.41, 5.74) is 1.01.